The van der Waals surface area contributed by atoms with Crippen molar-refractivity contribution >= 4 is 40.4 Å². The molecule has 0 fully saturated rings. The number of benzene rings is 1. The molecule has 0 amide bonds. The number of anilines is 3. The first kappa shape index (κ1) is 11.6. The summed E-state index contributed by atoms with van der Waals surface area (Å²) in [6.45, 7) is 0.951. The van der Waals surface area contributed by atoms with Crippen molar-refractivity contribution < 1.29 is 0 Å². The second-order valence-electron chi connectivity index (χ2n) is 3.98. The number of rotatable bonds is 2. The van der Waals surface area contributed by atoms with E-state index < -0.39 is 0 Å². The third-order valence-corrected chi connectivity index (χ3v) is 3.27. The average Bonchev–Trinajstić information content (AvgIpc) is 2.83. The van der Waals surface area contributed by atoms with Gasteiger partial charge in [-0.2, -0.15) is 4.98 Å². The van der Waals surface area contributed by atoms with E-state index >= 15 is 0 Å². The van der Waals surface area contributed by atoms with Crippen molar-refractivity contribution in [3.8, 4) is 0 Å². The lowest BCUT2D eigenvalue weighted by atomic mass is 10.1. The monoisotopic (exact) mass is 280 g/mol. The van der Waals surface area contributed by atoms with Crippen LogP contribution in [0.3, 0.4) is 0 Å². The van der Waals surface area contributed by atoms with E-state index in [1.165, 1.54) is 11.8 Å². The standard InChI is InChI=1S/C12H10Cl2N4/c13-8-6-16-12(14)18-11(8)17-9-3-1-2-7-4-5-15-10(7)9/h1-3,6,15H,4-5H2,(H,16,17,18). The molecule has 0 saturated carbocycles. The molecule has 18 heavy (non-hydrogen) atoms. The van der Waals surface area contributed by atoms with Gasteiger partial charge in [0.1, 0.15) is 5.02 Å². The maximum Gasteiger partial charge on any atom is 0.224 e. The zero-order valence-corrected chi connectivity index (χ0v) is 10.9. The number of fused-ring (bicyclic) bond motifs is 1. The van der Waals surface area contributed by atoms with E-state index in [0.29, 0.717) is 10.8 Å². The Morgan fingerprint density at radius 1 is 1.28 bits per heavy atom. The Labute approximate surface area is 114 Å². The lowest BCUT2D eigenvalue weighted by molar-refractivity contribution is 1.11. The van der Waals surface area contributed by atoms with E-state index in [1.54, 1.807) is 0 Å². The van der Waals surface area contributed by atoms with E-state index in [0.717, 1.165) is 24.3 Å². The highest BCUT2D eigenvalue weighted by Crippen LogP contribution is 2.33. The lowest BCUT2D eigenvalue weighted by Gasteiger charge is -2.11. The zero-order chi connectivity index (χ0) is 12.5. The molecular formula is C12H10Cl2N4. The Kier molecular flexibility index (Phi) is 2.97. The lowest BCUT2D eigenvalue weighted by Crippen LogP contribution is -2.00. The van der Waals surface area contributed by atoms with E-state index in [-0.39, 0.29) is 5.28 Å². The van der Waals surface area contributed by atoms with Gasteiger partial charge in [0.05, 0.1) is 17.6 Å². The summed E-state index contributed by atoms with van der Waals surface area (Å²) in [7, 11) is 0. The van der Waals surface area contributed by atoms with Crippen LogP contribution in [0.1, 0.15) is 5.56 Å². The highest BCUT2D eigenvalue weighted by molar-refractivity contribution is 6.33. The van der Waals surface area contributed by atoms with Crippen molar-refractivity contribution in [3.05, 3.63) is 40.3 Å². The quantitative estimate of drug-likeness (QED) is 0.827. The van der Waals surface area contributed by atoms with Crippen LogP contribution in [-0.4, -0.2) is 16.5 Å². The molecule has 1 aliphatic heterocycles. The molecule has 1 aliphatic rings. The van der Waals surface area contributed by atoms with Crippen molar-refractivity contribution in [2.45, 2.75) is 6.42 Å². The first-order valence-corrected chi connectivity index (χ1v) is 6.30. The number of nitrogens with zero attached hydrogens (tertiary/aromatic N) is 2. The third kappa shape index (κ3) is 2.09. The Bertz CT molecular complexity index is 601. The van der Waals surface area contributed by atoms with E-state index in [2.05, 4.69) is 26.7 Å². The van der Waals surface area contributed by atoms with Gasteiger partial charge >= 0.3 is 0 Å². The maximum atomic E-state index is 6.03. The Morgan fingerprint density at radius 3 is 3.06 bits per heavy atom. The molecule has 2 N–H and O–H groups in total. The fourth-order valence-corrected chi connectivity index (χ4v) is 2.28. The van der Waals surface area contributed by atoms with Crippen LogP contribution < -0.4 is 10.6 Å². The molecule has 6 heteroatoms. The summed E-state index contributed by atoms with van der Waals surface area (Å²) in [6, 6.07) is 6.09. The molecule has 4 nitrogen and oxygen atoms in total. The van der Waals surface area contributed by atoms with Crippen LogP contribution in [-0.2, 0) is 6.42 Å². The average molecular weight is 281 g/mol. The molecule has 1 aromatic carbocycles. The highest BCUT2D eigenvalue weighted by atomic mass is 35.5. The summed E-state index contributed by atoms with van der Waals surface area (Å²) in [5.41, 5.74) is 3.33. The van der Waals surface area contributed by atoms with Gasteiger partial charge in [0.15, 0.2) is 5.82 Å². The largest absolute Gasteiger partial charge is 0.383 e. The topological polar surface area (TPSA) is 49.8 Å². The van der Waals surface area contributed by atoms with Gasteiger partial charge in [-0.05, 0) is 29.7 Å². The SMILES string of the molecule is Clc1ncc(Cl)c(Nc2cccc3c2NCC3)n1. The Balaban J connectivity index is 1.98. The van der Waals surface area contributed by atoms with Crippen molar-refractivity contribution in [1.29, 1.82) is 0 Å². The normalized spacial score (nSPS) is 13.0. The fraction of sp³-hybridized carbons (Fsp3) is 0.167. The molecule has 3 rings (SSSR count). The van der Waals surface area contributed by atoms with Gasteiger partial charge in [0, 0.05) is 6.54 Å². The van der Waals surface area contributed by atoms with Crippen molar-refractivity contribution in [3.63, 3.8) is 0 Å². The van der Waals surface area contributed by atoms with E-state index in [1.807, 2.05) is 12.1 Å². The number of nitrogens with one attached hydrogen (secondary N) is 2. The predicted octanol–water partition coefficient (Wildman–Crippen LogP) is 3.50. The minimum atomic E-state index is 0.169. The van der Waals surface area contributed by atoms with Crippen LogP contribution in [0.4, 0.5) is 17.2 Å². The van der Waals surface area contributed by atoms with Gasteiger partial charge in [-0.25, -0.2) is 4.98 Å². The molecule has 1 aromatic heterocycles. The third-order valence-electron chi connectivity index (χ3n) is 2.81. The molecule has 0 aliphatic carbocycles. The van der Waals surface area contributed by atoms with Gasteiger partial charge < -0.3 is 10.6 Å². The highest BCUT2D eigenvalue weighted by Gasteiger charge is 2.15. The predicted molar refractivity (Wildman–Crippen MR) is 74.0 cm³/mol. The molecule has 0 saturated heterocycles. The fourth-order valence-electron chi connectivity index (χ4n) is 2.00. The van der Waals surface area contributed by atoms with Gasteiger partial charge in [0.25, 0.3) is 0 Å². The molecule has 2 aromatic rings. The van der Waals surface area contributed by atoms with Crippen molar-refractivity contribution in [2.24, 2.45) is 0 Å². The molecular weight excluding hydrogens is 271 g/mol. The minimum Gasteiger partial charge on any atom is -0.383 e. The maximum absolute atomic E-state index is 6.03. The molecule has 0 radical (unpaired) electrons. The van der Waals surface area contributed by atoms with Crippen molar-refractivity contribution in [2.75, 3.05) is 17.2 Å². The summed E-state index contributed by atoms with van der Waals surface area (Å²) < 4.78 is 0. The van der Waals surface area contributed by atoms with Gasteiger partial charge in [-0.15, -0.1) is 0 Å². The molecule has 0 unspecified atom stereocenters. The van der Waals surface area contributed by atoms with Crippen LogP contribution in [0.2, 0.25) is 10.3 Å². The first-order chi connectivity index (χ1) is 8.74. The molecule has 2 heterocycles. The minimum absolute atomic E-state index is 0.169. The number of halogens is 2. The van der Waals surface area contributed by atoms with Crippen molar-refractivity contribution in [1.82, 2.24) is 9.97 Å². The van der Waals surface area contributed by atoms with Crippen LogP contribution >= 0.6 is 23.2 Å². The number of hydrogen-bond donors (Lipinski definition) is 2. The number of aromatic nitrogens is 2. The number of para-hydroxylation sites is 1. The second-order valence-corrected chi connectivity index (χ2v) is 4.72. The van der Waals surface area contributed by atoms with Gasteiger partial charge in [-0.3, -0.25) is 0 Å². The Hall–Kier alpha value is -1.52. The summed E-state index contributed by atoms with van der Waals surface area (Å²) in [5, 5.41) is 7.13. The summed E-state index contributed by atoms with van der Waals surface area (Å²) in [6.07, 6.45) is 2.51. The summed E-state index contributed by atoms with van der Waals surface area (Å²) in [4.78, 5) is 7.90. The first-order valence-electron chi connectivity index (χ1n) is 5.55. The number of hydrogen-bond acceptors (Lipinski definition) is 4. The van der Waals surface area contributed by atoms with Gasteiger partial charge in [0.2, 0.25) is 5.28 Å². The zero-order valence-electron chi connectivity index (χ0n) is 9.37. The smallest absolute Gasteiger partial charge is 0.224 e. The summed E-state index contributed by atoms with van der Waals surface area (Å²) in [5.74, 6) is 0.513. The molecule has 92 valence electrons. The van der Waals surface area contributed by atoms with Crippen LogP contribution in [0.15, 0.2) is 24.4 Å². The molecule has 0 bridgehead atoms. The van der Waals surface area contributed by atoms with Crippen LogP contribution in [0.5, 0.6) is 0 Å². The second kappa shape index (κ2) is 4.63. The Morgan fingerprint density at radius 2 is 2.17 bits per heavy atom. The van der Waals surface area contributed by atoms with Crippen LogP contribution in [0.25, 0.3) is 0 Å². The molecule has 0 spiro atoms. The van der Waals surface area contributed by atoms with Crippen LogP contribution in [0, 0.1) is 0 Å². The van der Waals surface area contributed by atoms with E-state index in [4.69, 9.17) is 23.2 Å². The van der Waals surface area contributed by atoms with Gasteiger partial charge in [-0.1, -0.05) is 23.7 Å². The summed E-state index contributed by atoms with van der Waals surface area (Å²) >= 11 is 11.8. The van der Waals surface area contributed by atoms with E-state index in [9.17, 15) is 0 Å². The molecule has 0 atom stereocenters.